The van der Waals surface area contributed by atoms with Gasteiger partial charge in [-0.1, -0.05) is 26.8 Å². The van der Waals surface area contributed by atoms with Crippen LogP contribution in [0.4, 0.5) is 16.2 Å². The number of anilines is 2. The number of nitrogens with one attached hydrogen (secondary N) is 3. The first-order valence-electron chi connectivity index (χ1n) is 7.31. The Labute approximate surface area is 126 Å². The standard InChI is InChI=1S/C16H25N3O2/c1-6-15(20)18-13-8-7-11(4)14(9-13)19-16(21)17-12(5)10(2)3/h7-10,12H,6H2,1-5H3,(H,18,20)(H2,17,19,21). The maximum absolute atomic E-state index is 12.0. The molecule has 0 aliphatic carbocycles. The van der Waals surface area contributed by atoms with Gasteiger partial charge in [-0.15, -0.1) is 0 Å². The topological polar surface area (TPSA) is 70.2 Å². The molecule has 1 unspecified atom stereocenters. The monoisotopic (exact) mass is 291 g/mol. The molecule has 1 aromatic rings. The average Bonchev–Trinajstić information content (AvgIpc) is 2.42. The lowest BCUT2D eigenvalue weighted by molar-refractivity contribution is -0.115. The van der Waals surface area contributed by atoms with Gasteiger partial charge in [-0.25, -0.2) is 4.79 Å². The molecule has 1 rings (SSSR count). The number of carbonyl (C=O) groups excluding carboxylic acids is 2. The van der Waals surface area contributed by atoms with Crippen LogP contribution in [0.2, 0.25) is 0 Å². The highest BCUT2D eigenvalue weighted by Crippen LogP contribution is 2.20. The van der Waals surface area contributed by atoms with Crippen LogP contribution in [0.1, 0.15) is 39.7 Å². The van der Waals surface area contributed by atoms with Crippen LogP contribution in [0.15, 0.2) is 18.2 Å². The number of hydrogen-bond donors (Lipinski definition) is 3. The smallest absolute Gasteiger partial charge is 0.319 e. The Bertz CT molecular complexity index is 512. The van der Waals surface area contributed by atoms with E-state index in [0.717, 1.165) is 5.56 Å². The molecule has 0 saturated heterocycles. The van der Waals surface area contributed by atoms with Crippen molar-refractivity contribution in [1.82, 2.24) is 5.32 Å². The molecule has 0 bridgehead atoms. The van der Waals surface area contributed by atoms with Crippen LogP contribution in [0.25, 0.3) is 0 Å². The molecule has 0 spiro atoms. The lowest BCUT2D eigenvalue weighted by Crippen LogP contribution is -2.39. The highest BCUT2D eigenvalue weighted by atomic mass is 16.2. The number of amides is 3. The van der Waals surface area contributed by atoms with Crippen LogP contribution in [-0.2, 0) is 4.79 Å². The Morgan fingerprint density at radius 3 is 2.38 bits per heavy atom. The average molecular weight is 291 g/mol. The molecule has 116 valence electrons. The van der Waals surface area contributed by atoms with Gasteiger partial charge in [0.15, 0.2) is 0 Å². The van der Waals surface area contributed by atoms with E-state index in [1.807, 2.05) is 26.0 Å². The summed E-state index contributed by atoms with van der Waals surface area (Å²) in [5.74, 6) is 0.315. The van der Waals surface area contributed by atoms with Crippen molar-refractivity contribution in [2.24, 2.45) is 5.92 Å². The molecule has 1 atom stereocenters. The van der Waals surface area contributed by atoms with Crippen molar-refractivity contribution in [3.8, 4) is 0 Å². The molecule has 0 aromatic heterocycles. The van der Waals surface area contributed by atoms with Crippen LogP contribution in [-0.4, -0.2) is 18.0 Å². The summed E-state index contributed by atoms with van der Waals surface area (Å²) >= 11 is 0. The predicted molar refractivity (Wildman–Crippen MR) is 86.6 cm³/mol. The molecule has 0 aliphatic heterocycles. The van der Waals surface area contributed by atoms with E-state index in [-0.39, 0.29) is 18.0 Å². The van der Waals surface area contributed by atoms with Crippen molar-refractivity contribution in [2.45, 2.75) is 47.1 Å². The van der Waals surface area contributed by atoms with Crippen molar-refractivity contribution in [3.63, 3.8) is 0 Å². The summed E-state index contributed by atoms with van der Waals surface area (Å²) in [6, 6.07) is 5.31. The van der Waals surface area contributed by atoms with E-state index in [2.05, 4.69) is 29.8 Å². The fraction of sp³-hybridized carbons (Fsp3) is 0.500. The molecule has 3 amide bonds. The summed E-state index contributed by atoms with van der Waals surface area (Å²) in [6.07, 6.45) is 0.420. The van der Waals surface area contributed by atoms with Gasteiger partial charge in [-0.3, -0.25) is 4.79 Å². The summed E-state index contributed by atoms with van der Waals surface area (Å²) in [5.41, 5.74) is 2.31. The van der Waals surface area contributed by atoms with E-state index in [9.17, 15) is 9.59 Å². The molecule has 0 heterocycles. The van der Waals surface area contributed by atoms with E-state index < -0.39 is 0 Å². The van der Waals surface area contributed by atoms with Crippen molar-refractivity contribution in [3.05, 3.63) is 23.8 Å². The quantitative estimate of drug-likeness (QED) is 0.777. The summed E-state index contributed by atoms with van der Waals surface area (Å²) in [5, 5.41) is 8.50. The number of hydrogen-bond acceptors (Lipinski definition) is 2. The van der Waals surface area contributed by atoms with Gasteiger partial charge in [0.05, 0.1) is 0 Å². The van der Waals surface area contributed by atoms with E-state index in [4.69, 9.17) is 0 Å². The molecule has 3 N–H and O–H groups in total. The summed E-state index contributed by atoms with van der Waals surface area (Å²) in [7, 11) is 0. The van der Waals surface area contributed by atoms with Crippen LogP contribution in [0.5, 0.6) is 0 Å². The summed E-state index contributed by atoms with van der Waals surface area (Å²) < 4.78 is 0. The lowest BCUT2D eigenvalue weighted by atomic mass is 10.1. The zero-order valence-electron chi connectivity index (χ0n) is 13.4. The molecule has 0 fully saturated rings. The van der Waals surface area contributed by atoms with Gasteiger partial charge in [-0.2, -0.15) is 0 Å². The second-order valence-corrected chi connectivity index (χ2v) is 5.56. The minimum absolute atomic E-state index is 0.0531. The van der Waals surface area contributed by atoms with Crippen molar-refractivity contribution in [1.29, 1.82) is 0 Å². The third-order valence-electron chi connectivity index (χ3n) is 3.45. The fourth-order valence-corrected chi connectivity index (χ4v) is 1.62. The van der Waals surface area contributed by atoms with Crippen molar-refractivity contribution < 1.29 is 9.59 Å². The second-order valence-electron chi connectivity index (χ2n) is 5.56. The zero-order valence-corrected chi connectivity index (χ0v) is 13.4. The van der Waals surface area contributed by atoms with Gasteiger partial charge in [0.1, 0.15) is 0 Å². The minimum Gasteiger partial charge on any atom is -0.335 e. The SMILES string of the molecule is CCC(=O)Nc1ccc(C)c(NC(=O)NC(C)C(C)C)c1. The molecule has 5 nitrogen and oxygen atoms in total. The van der Waals surface area contributed by atoms with Crippen LogP contribution >= 0.6 is 0 Å². The molecule has 21 heavy (non-hydrogen) atoms. The van der Waals surface area contributed by atoms with Gasteiger partial charge in [0.2, 0.25) is 5.91 Å². The van der Waals surface area contributed by atoms with Crippen molar-refractivity contribution >= 4 is 23.3 Å². The van der Waals surface area contributed by atoms with Gasteiger partial charge >= 0.3 is 6.03 Å². The third kappa shape index (κ3) is 5.45. The highest BCUT2D eigenvalue weighted by molar-refractivity contribution is 5.94. The largest absolute Gasteiger partial charge is 0.335 e. The van der Waals surface area contributed by atoms with Gasteiger partial charge in [0.25, 0.3) is 0 Å². The van der Waals surface area contributed by atoms with Crippen LogP contribution in [0, 0.1) is 12.8 Å². The van der Waals surface area contributed by atoms with E-state index >= 15 is 0 Å². The van der Waals surface area contributed by atoms with Crippen LogP contribution < -0.4 is 16.0 Å². The molecule has 0 aliphatic rings. The lowest BCUT2D eigenvalue weighted by Gasteiger charge is -2.18. The second kappa shape index (κ2) is 7.67. The Balaban J connectivity index is 2.75. The van der Waals surface area contributed by atoms with Crippen LogP contribution in [0.3, 0.4) is 0 Å². The molecule has 0 radical (unpaired) electrons. The Kier molecular flexibility index (Phi) is 6.21. The number of benzene rings is 1. The zero-order chi connectivity index (χ0) is 16.0. The molecule has 0 saturated carbocycles. The summed E-state index contributed by atoms with van der Waals surface area (Å²) in [6.45, 7) is 9.78. The third-order valence-corrected chi connectivity index (χ3v) is 3.45. The molecule has 5 heteroatoms. The van der Waals surface area contributed by atoms with E-state index in [1.165, 1.54) is 0 Å². The fourth-order valence-electron chi connectivity index (χ4n) is 1.62. The minimum atomic E-state index is -0.238. The normalized spacial score (nSPS) is 11.9. The first-order valence-corrected chi connectivity index (χ1v) is 7.31. The number of aryl methyl sites for hydroxylation is 1. The number of carbonyl (C=O) groups is 2. The molecular formula is C16H25N3O2. The highest BCUT2D eigenvalue weighted by Gasteiger charge is 2.12. The first-order chi connectivity index (χ1) is 9.83. The Morgan fingerprint density at radius 2 is 1.81 bits per heavy atom. The molecular weight excluding hydrogens is 266 g/mol. The Morgan fingerprint density at radius 1 is 1.14 bits per heavy atom. The van der Waals surface area contributed by atoms with Gasteiger partial charge < -0.3 is 16.0 Å². The van der Waals surface area contributed by atoms with Crippen molar-refractivity contribution in [2.75, 3.05) is 10.6 Å². The van der Waals surface area contributed by atoms with Gasteiger partial charge in [0, 0.05) is 23.8 Å². The number of rotatable bonds is 5. The first kappa shape index (κ1) is 17.0. The number of urea groups is 1. The van der Waals surface area contributed by atoms with E-state index in [1.54, 1.807) is 13.0 Å². The Hall–Kier alpha value is -2.04. The van der Waals surface area contributed by atoms with E-state index in [0.29, 0.717) is 23.7 Å². The predicted octanol–water partition coefficient (Wildman–Crippen LogP) is 3.51. The maximum Gasteiger partial charge on any atom is 0.319 e. The van der Waals surface area contributed by atoms with Gasteiger partial charge in [-0.05, 0) is 37.5 Å². The molecule has 1 aromatic carbocycles. The summed E-state index contributed by atoms with van der Waals surface area (Å²) in [4.78, 5) is 23.4. The maximum atomic E-state index is 12.0.